The van der Waals surface area contributed by atoms with Gasteiger partial charge in [0.05, 0.1) is 7.11 Å². The molecule has 19 heavy (non-hydrogen) atoms. The number of ether oxygens (including phenoxy) is 1. The van der Waals surface area contributed by atoms with E-state index < -0.39 is 0 Å². The molecule has 2 atom stereocenters. The van der Waals surface area contributed by atoms with E-state index in [1.165, 1.54) is 7.11 Å². The fraction of sp³-hybridized carbons (Fsp3) is 0.600. The Morgan fingerprint density at radius 1 is 1.37 bits per heavy atom. The topological polar surface area (TPSA) is 24.5 Å². The van der Waals surface area contributed by atoms with Crippen molar-refractivity contribution in [2.45, 2.75) is 19.4 Å². The van der Waals surface area contributed by atoms with Gasteiger partial charge in [-0.25, -0.2) is 4.39 Å². The average molecular weight is 268 g/mol. The lowest BCUT2D eigenvalue weighted by Gasteiger charge is -2.32. The third-order valence-corrected chi connectivity index (χ3v) is 3.51. The summed E-state index contributed by atoms with van der Waals surface area (Å²) in [6, 6.07) is 5.43. The van der Waals surface area contributed by atoms with Crippen LogP contribution in [0.3, 0.4) is 0 Å². The first-order chi connectivity index (χ1) is 9.04. The molecule has 0 heterocycles. The largest absolute Gasteiger partial charge is 0.494 e. The maximum Gasteiger partial charge on any atom is 0.165 e. The fourth-order valence-corrected chi connectivity index (χ4v) is 2.60. The predicted octanol–water partition coefficient (Wildman–Crippen LogP) is 2.68. The molecule has 0 aliphatic rings. The SMILES string of the molecule is CCC(CNC)C(c1ccc(OC)c(F)c1)N(C)C. The van der Waals surface area contributed by atoms with E-state index in [1.807, 2.05) is 27.2 Å². The number of nitrogens with zero attached hydrogens (tertiary/aromatic N) is 1. The summed E-state index contributed by atoms with van der Waals surface area (Å²) < 4.78 is 18.8. The molecule has 108 valence electrons. The summed E-state index contributed by atoms with van der Waals surface area (Å²) >= 11 is 0. The van der Waals surface area contributed by atoms with Crippen LogP contribution in [0.15, 0.2) is 18.2 Å². The smallest absolute Gasteiger partial charge is 0.165 e. The lowest BCUT2D eigenvalue weighted by Crippen LogP contribution is -2.33. The van der Waals surface area contributed by atoms with Gasteiger partial charge in [0.25, 0.3) is 0 Å². The zero-order valence-corrected chi connectivity index (χ0v) is 12.5. The average Bonchev–Trinajstić information content (AvgIpc) is 2.38. The Hall–Kier alpha value is -1.13. The van der Waals surface area contributed by atoms with Crippen molar-refractivity contribution in [3.8, 4) is 5.75 Å². The van der Waals surface area contributed by atoms with E-state index in [1.54, 1.807) is 12.1 Å². The summed E-state index contributed by atoms with van der Waals surface area (Å²) in [5.41, 5.74) is 0.991. The van der Waals surface area contributed by atoms with E-state index >= 15 is 0 Å². The summed E-state index contributed by atoms with van der Waals surface area (Å²) in [6.07, 6.45) is 1.04. The minimum absolute atomic E-state index is 0.192. The van der Waals surface area contributed by atoms with Crippen LogP contribution in [-0.4, -0.2) is 39.7 Å². The predicted molar refractivity (Wildman–Crippen MR) is 77.1 cm³/mol. The van der Waals surface area contributed by atoms with E-state index in [0.717, 1.165) is 18.5 Å². The van der Waals surface area contributed by atoms with Crippen molar-refractivity contribution in [1.29, 1.82) is 0 Å². The third-order valence-electron chi connectivity index (χ3n) is 3.51. The molecular weight excluding hydrogens is 243 g/mol. The minimum Gasteiger partial charge on any atom is -0.494 e. The molecule has 0 aliphatic carbocycles. The minimum atomic E-state index is -0.300. The Labute approximate surface area is 115 Å². The number of halogens is 1. The first-order valence-corrected chi connectivity index (χ1v) is 6.69. The number of hydrogen-bond acceptors (Lipinski definition) is 3. The summed E-state index contributed by atoms with van der Waals surface area (Å²) in [6.45, 7) is 3.07. The highest BCUT2D eigenvalue weighted by Gasteiger charge is 2.24. The van der Waals surface area contributed by atoms with Gasteiger partial charge in [-0.05, 0) is 51.3 Å². The zero-order valence-electron chi connectivity index (χ0n) is 12.5. The van der Waals surface area contributed by atoms with E-state index in [0.29, 0.717) is 11.7 Å². The Kier molecular flexibility index (Phi) is 6.25. The van der Waals surface area contributed by atoms with Crippen molar-refractivity contribution in [3.63, 3.8) is 0 Å². The summed E-state index contributed by atoms with van der Waals surface area (Å²) in [5, 5.41) is 3.22. The highest BCUT2D eigenvalue weighted by molar-refractivity contribution is 5.31. The molecule has 0 aromatic heterocycles. The molecule has 1 aromatic carbocycles. The quantitative estimate of drug-likeness (QED) is 0.823. The lowest BCUT2D eigenvalue weighted by atomic mass is 9.89. The number of hydrogen-bond donors (Lipinski definition) is 1. The van der Waals surface area contributed by atoms with E-state index in [4.69, 9.17) is 4.74 Å². The van der Waals surface area contributed by atoms with Gasteiger partial charge >= 0.3 is 0 Å². The van der Waals surface area contributed by atoms with Crippen molar-refractivity contribution >= 4 is 0 Å². The zero-order chi connectivity index (χ0) is 14.4. The molecule has 3 nitrogen and oxygen atoms in total. The lowest BCUT2D eigenvalue weighted by molar-refractivity contribution is 0.204. The summed E-state index contributed by atoms with van der Waals surface area (Å²) in [4.78, 5) is 2.15. The van der Waals surface area contributed by atoms with Gasteiger partial charge < -0.3 is 15.0 Å². The highest BCUT2D eigenvalue weighted by atomic mass is 19.1. The molecule has 1 N–H and O–H groups in total. The second-order valence-electron chi connectivity index (χ2n) is 5.03. The molecule has 0 saturated carbocycles. The first kappa shape index (κ1) is 15.9. The van der Waals surface area contributed by atoms with E-state index in [9.17, 15) is 4.39 Å². The molecule has 1 aromatic rings. The standard InChI is InChI=1S/C15H25FN2O/c1-6-11(10-17-2)15(18(3)4)12-7-8-14(19-5)13(16)9-12/h7-9,11,15,17H,6,10H2,1-5H3. The van der Waals surface area contributed by atoms with Crippen LogP contribution in [0.2, 0.25) is 0 Å². The van der Waals surface area contributed by atoms with Crippen molar-refractivity contribution < 1.29 is 9.13 Å². The number of benzene rings is 1. The first-order valence-electron chi connectivity index (χ1n) is 6.69. The molecule has 2 unspecified atom stereocenters. The number of nitrogens with one attached hydrogen (secondary N) is 1. The summed E-state index contributed by atoms with van der Waals surface area (Å²) in [7, 11) is 7.50. The van der Waals surface area contributed by atoms with Crippen molar-refractivity contribution in [2.75, 3.05) is 34.8 Å². The van der Waals surface area contributed by atoms with Crippen LogP contribution in [0.25, 0.3) is 0 Å². The van der Waals surface area contributed by atoms with Gasteiger partial charge in [0.1, 0.15) is 0 Å². The number of methoxy groups -OCH3 is 1. The maximum atomic E-state index is 13.9. The van der Waals surface area contributed by atoms with Crippen LogP contribution in [-0.2, 0) is 0 Å². The van der Waals surface area contributed by atoms with Crippen LogP contribution in [0, 0.1) is 11.7 Å². The Balaban J connectivity index is 3.08. The fourth-order valence-electron chi connectivity index (χ4n) is 2.60. The van der Waals surface area contributed by atoms with Gasteiger partial charge in [-0.2, -0.15) is 0 Å². The second-order valence-corrected chi connectivity index (χ2v) is 5.03. The van der Waals surface area contributed by atoms with Crippen LogP contribution >= 0.6 is 0 Å². The molecule has 0 saturated heterocycles. The van der Waals surface area contributed by atoms with E-state index in [-0.39, 0.29) is 11.9 Å². The van der Waals surface area contributed by atoms with E-state index in [2.05, 4.69) is 17.1 Å². The Morgan fingerprint density at radius 3 is 2.47 bits per heavy atom. The molecule has 0 radical (unpaired) electrons. The van der Waals surface area contributed by atoms with Gasteiger partial charge in [-0.1, -0.05) is 19.4 Å². The Morgan fingerprint density at radius 2 is 2.05 bits per heavy atom. The van der Waals surface area contributed by atoms with Crippen LogP contribution in [0.1, 0.15) is 24.9 Å². The molecule has 0 bridgehead atoms. The molecule has 0 aliphatic heterocycles. The molecule has 4 heteroatoms. The van der Waals surface area contributed by atoms with Crippen molar-refractivity contribution in [2.24, 2.45) is 5.92 Å². The number of rotatable bonds is 7. The maximum absolute atomic E-state index is 13.9. The molecular formula is C15H25FN2O. The van der Waals surface area contributed by atoms with Crippen LogP contribution in [0.4, 0.5) is 4.39 Å². The van der Waals surface area contributed by atoms with Gasteiger partial charge in [-0.15, -0.1) is 0 Å². The van der Waals surface area contributed by atoms with Crippen molar-refractivity contribution in [1.82, 2.24) is 10.2 Å². The molecule has 0 fully saturated rings. The molecule has 0 spiro atoms. The molecule has 1 rings (SSSR count). The Bertz CT molecular complexity index is 396. The summed E-state index contributed by atoms with van der Waals surface area (Å²) in [5.74, 6) is 0.432. The van der Waals surface area contributed by atoms with Crippen LogP contribution < -0.4 is 10.1 Å². The van der Waals surface area contributed by atoms with Gasteiger partial charge in [-0.3, -0.25) is 0 Å². The highest BCUT2D eigenvalue weighted by Crippen LogP contribution is 2.31. The van der Waals surface area contributed by atoms with Crippen LogP contribution in [0.5, 0.6) is 5.75 Å². The third kappa shape index (κ3) is 3.91. The normalized spacial score (nSPS) is 14.5. The van der Waals surface area contributed by atoms with Gasteiger partial charge in [0, 0.05) is 6.04 Å². The van der Waals surface area contributed by atoms with Crippen molar-refractivity contribution in [3.05, 3.63) is 29.6 Å². The molecule has 0 amide bonds. The van der Waals surface area contributed by atoms with Gasteiger partial charge in [0.2, 0.25) is 0 Å². The second kappa shape index (κ2) is 7.46. The van der Waals surface area contributed by atoms with Gasteiger partial charge in [0.15, 0.2) is 11.6 Å². The monoisotopic (exact) mass is 268 g/mol.